The Hall–Kier alpha value is -2.87. The Morgan fingerprint density at radius 2 is 1.58 bits per heavy atom. The van der Waals surface area contributed by atoms with Gasteiger partial charge in [-0.2, -0.15) is 8.42 Å². The number of esters is 2. The van der Waals surface area contributed by atoms with Crippen molar-refractivity contribution in [1.29, 1.82) is 0 Å². The van der Waals surface area contributed by atoms with E-state index >= 15 is 0 Å². The molecule has 0 amide bonds. The van der Waals surface area contributed by atoms with Gasteiger partial charge in [0.05, 0.1) is 24.8 Å². The molecule has 0 saturated carbocycles. The molecule has 0 atom stereocenters. The van der Waals surface area contributed by atoms with E-state index in [2.05, 4.69) is 4.74 Å². The van der Waals surface area contributed by atoms with Gasteiger partial charge in [-0.05, 0) is 61.9 Å². The van der Waals surface area contributed by atoms with E-state index in [1.165, 1.54) is 49.6 Å². The summed E-state index contributed by atoms with van der Waals surface area (Å²) in [5.74, 6) is -1.02. The predicted molar refractivity (Wildman–Crippen MR) is 92.7 cm³/mol. The van der Waals surface area contributed by atoms with Gasteiger partial charge in [0.1, 0.15) is 10.6 Å². The fourth-order valence-electron chi connectivity index (χ4n) is 2.21. The summed E-state index contributed by atoms with van der Waals surface area (Å²) < 4.78 is 39.5. The summed E-state index contributed by atoms with van der Waals surface area (Å²) in [6, 6.07) is 9.59. The van der Waals surface area contributed by atoms with E-state index in [4.69, 9.17) is 8.92 Å². The summed E-state index contributed by atoms with van der Waals surface area (Å²) in [6.07, 6.45) is 0. The maximum Gasteiger partial charge on any atom is 0.339 e. The Morgan fingerprint density at radius 3 is 2.12 bits per heavy atom. The topological polar surface area (TPSA) is 96.0 Å². The van der Waals surface area contributed by atoms with Gasteiger partial charge < -0.3 is 13.7 Å². The number of hydrogen-bond donors (Lipinski definition) is 0. The fraction of sp³-hybridized carbons (Fsp3) is 0.222. The van der Waals surface area contributed by atoms with Crippen LogP contribution in [-0.4, -0.2) is 34.1 Å². The molecule has 138 valence electrons. The zero-order chi connectivity index (χ0) is 19.3. The third-order valence-corrected chi connectivity index (χ3v) is 4.85. The van der Waals surface area contributed by atoms with E-state index in [9.17, 15) is 18.0 Å². The number of carbonyl (C=O) groups is 2. The van der Waals surface area contributed by atoms with E-state index in [0.717, 1.165) is 0 Å². The van der Waals surface area contributed by atoms with Crippen LogP contribution in [0.1, 0.15) is 33.2 Å². The summed E-state index contributed by atoms with van der Waals surface area (Å²) in [5.41, 5.74) is 0.869. The largest absolute Gasteiger partial charge is 0.465 e. The number of aryl methyl sites for hydroxylation is 1. The summed E-state index contributed by atoms with van der Waals surface area (Å²) in [6.45, 7) is 3.48. The van der Waals surface area contributed by atoms with E-state index in [0.29, 0.717) is 5.56 Å². The minimum absolute atomic E-state index is 0.0505. The second kappa shape index (κ2) is 8.01. The molecule has 2 aromatic carbocycles. The SMILES string of the molecule is CCOC(=O)c1ccc(OS(=O)(=O)c2ccc(C(=O)OC)cc2C)cc1. The van der Waals surface area contributed by atoms with Crippen LogP contribution in [0.25, 0.3) is 0 Å². The van der Waals surface area contributed by atoms with Crippen LogP contribution in [0.5, 0.6) is 5.75 Å². The molecule has 7 nitrogen and oxygen atoms in total. The van der Waals surface area contributed by atoms with Crippen molar-refractivity contribution in [2.75, 3.05) is 13.7 Å². The summed E-state index contributed by atoms with van der Waals surface area (Å²) in [4.78, 5) is 23.0. The first kappa shape index (κ1) is 19.5. The third-order valence-electron chi connectivity index (χ3n) is 3.44. The molecule has 0 aliphatic carbocycles. The first-order chi connectivity index (χ1) is 12.3. The average molecular weight is 378 g/mol. The highest BCUT2D eigenvalue weighted by molar-refractivity contribution is 7.87. The molecule has 0 spiro atoms. The molecule has 0 radical (unpaired) electrons. The number of benzene rings is 2. The first-order valence-corrected chi connectivity index (χ1v) is 9.10. The van der Waals surface area contributed by atoms with Gasteiger partial charge in [-0.1, -0.05) is 0 Å². The molecule has 0 aliphatic heterocycles. The molecule has 0 unspecified atom stereocenters. The molecule has 0 fully saturated rings. The number of rotatable bonds is 6. The number of ether oxygens (including phenoxy) is 2. The molecule has 0 bridgehead atoms. The van der Waals surface area contributed by atoms with Crippen molar-refractivity contribution < 1.29 is 31.7 Å². The first-order valence-electron chi connectivity index (χ1n) is 7.69. The average Bonchev–Trinajstić information content (AvgIpc) is 2.61. The second-order valence-corrected chi connectivity index (χ2v) is 6.77. The molecule has 0 N–H and O–H groups in total. The van der Waals surface area contributed by atoms with E-state index in [-0.39, 0.29) is 28.4 Å². The minimum atomic E-state index is -4.10. The molecule has 0 heterocycles. The monoisotopic (exact) mass is 378 g/mol. The zero-order valence-corrected chi connectivity index (χ0v) is 15.3. The highest BCUT2D eigenvalue weighted by Gasteiger charge is 2.21. The van der Waals surface area contributed by atoms with Gasteiger partial charge in [0.25, 0.3) is 0 Å². The predicted octanol–water partition coefficient (Wildman–Crippen LogP) is 2.73. The van der Waals surface area contributed by atoms with Crippen LogP contribution in [0.2, 0.25) is 0 Å². The molecule has 0 aliphatic rings. The standard InChI is InChI=1S/C18H18O7S/c1-4-24-18(20)13-5-8-15(9-6-13)25-26(21,22)16-10-7-14(11-12(16)2)17(19)23-3/h5-11H,4H2,1-3H3. The van der Waals surface area contributed by atoms with Gasteiger partial charge in [-0.15, -0.1) is 0 Å². The molecule has 2 rings (SSSR count). The van der Waals surface area contributed by atoms with Gasteiger partial charge in [0, 0.05) is 0 Å². The Labute approximate surface area is 151 Å². The third kappa shape index (κ3) is 4.40. The summed E-state index contributed by atoms with van der Waals surface area (Å²) in [5, 5.41) is 0. The number of hydrogen-bond acceptors (Lipinski definition) is 7. The van der Waals surface area contributed by atoms with E-state index in [1.54, 1.807) is 13.8 Å². The molecule has 8 heteroatoms. The molecular weight excluding hydrogens is 360 g/mol. The molecule has 0 aromatic heterocycles. The van der Waals surface area contributed by atoms with Crippen molar-refractivity contribution in [2.24, 2.45) is 0 Å². The number of carbonyl (C=O) groups excluding carboxylic acids is 2. The maximum atomic E-state index is 12.5. The van der Waals surface area contributed by atoms with Crippen molar-refractivity contribution in [1.82, 2.24) is 0 Å². The van der Waals surface area contributed by atoms with Crippen LogP contribution in [0, 0.1) is 6.92 Å². The van der Waals surface area contributed by atoms with Crippen molar-refractivity contribution >= 4 is 22.1 Å². The van der Waals surface area contributed by atoms with Crippen molar-refractivity contribution in [3.05, 3.63) is 59.2 Å². The van der Waals surface area contributed by atoms with Gasteiger partial charge in [-0.25, -0.2) is 9.59 Å². The Balaban J connectivity index is 2.23. The Morgan fingerprint density at radius 1 is 0.962 bits per heavy atom. The molecule has 26 heavy (non-hydrogen) atoms. The van der Waals surface area contributed by atoms with Crippen molar-refractivity contribution in [2.45, 2.75) is 18.7 Å². The number of methoxy groups -OCH3 is 1. The lowest BCUT2D eigenvalue weighted by Gasteiger charge is -2.10. The molecule has 0 saturated heterocycles. The van der Waals surface area contributed by atoms with Crippen LogP contribution in [0.15, 0.2) is 47.4 Å². The van der Waals surface area contributed by atoms with Gasteiger partial charge in [0.15, 0.2) is 0 Å². The van der Waals surface area contributed by atoms with E-state index in [1.807, 2.05) is 0 Å². The normalized spacial score (nSPS) is 10.9. The van der Waals surface area contributed by atoms with Gasteiger partial charge in [-0.3, -0.25) is 0 Å². The fourth-order valence-corrected chi connectivity index (χ4v) is 3.35. The quantitative estimate of drug-likeness (QED) is 0.563. The van der Waals surface area contributed by atoms with Crippen LogP contribution in [0.3, 0.4) is 0 Å². The second-order valence-electron chi connectivity index (χ2n) is 5.25. The summed E-state index contributed by atoms with van der Waals surface area (Å²) in [7, 11) is -2.86. The Bertz CT molecular complexity index is 915. The van der Waals surface area contributed by atoms with Gasteiger partial charge in [0.2, 0.25) is 0 Å². The lowest BCUT2D eigenvalue weighted by Crippen LogP contribution is -2.12. The van der Waals surface area contributed by atoms with Crippen LogP contribution < -0.4 is 4.18 Å². The van der Waals surface area contributed by atoms with Crippen LogP contribution in [0.4, 0.5) is 0 Å². The highest BCUT2D eigenvalue weighted by Crippen LogP contribution is 2.23. The lowest BCUT2D eigenvalue weighted by atomic mass is 10.1. The van der Waals surface area contributed by atoms with Crippen molar-refractivity contribution in [3.8, 4) is 5.75 Å². The van der Waals surface area contributed by atoms with Gasteiger partial charge >= 0.3 is 22.1 Å². The van der Waals surface area contributed by atoms with E-state index < -0.39 is 22.1 Å². The smallest absolute Gasteiger partial charge is 0.339 e. The zero-order valence-electron chi connectivity index (χ0n) is 14.5. The van der Waals surface area contributed by atoms with Crippen molar-refractivity contribution in [3.63, 3.8) is 0 Å². The minimum Gasteiger partial charge on any atom is -0.465 e. The van der Waals surface area contributed by atoms with Crippen LogP contribution >= 0.6 is 0 Å². The van der Waals surface area contributed by atoms with Crippen LogP contribution in [-0.2, 0) is 19.6 Å². The highest BCUT2D eigenvalue weighted by atomic mass is 32.2. The maximum absolute atomic E-state index is 12.5. The Kier molecular flexibility index (Phi) is 5.99. The lowest BCUT2D eigenvalue weighted by molar-refractivity contribution is 0.0525. The summed E-state index contributed by atoms with van der Waals surface area (Å²) >= 11 is 0. The molecular formula is C18H18O7S. The molecule has 2 aromatic rings.